The summed E-state index contributed by atoms with van der Waals surface area (Å²) in [5.41, 5.74) is 4.26. The molecule has 0 heterocycles. The van der Waals surface area contributed by atoms with Gasteiger partial charge >= 0.3 is 0 Å². The molecule has 32 heavy (non-hydrogen) atoms. The first-order chi connectivity index (χ1) is 15.4. The smallest absolute Gasteiger partial charge is 0.261 e. The van der Waals surface area contributed by atoms with Crippen LogP contribution >= 0.6 is 0 Å². The van der Waals surface area contributed by atoms with Crippen LogP contribution in [0.3, 0.4) is 0 Å². The highest BCUT2D eigenvalue weighted by atomic mass is 32.2. The fourth-order valence-electron chi connectivity index (χ4n) is 3.26. The number of rotatable bonds is 6. The number of hydrogen-bond donors (Lipinski definition) is 2. The van der Waals surface area contributed by atoms with Gasteiger partial charge in [0.05, 0.1) is 10.6 Å². The number of carbonyl (C=O) groups excluding carboxylic acids is 1. The van der Waals surface area contributed by atoms with Crippen LogP contribution in [-0.4, -0.2) is 14.3 Å². The molecule has 4 aromatic carbocycles. The van der Waals surface area contributed by atoms with Crippen molar-refractivity contribution >= 4 is 27.3 Å². The van der Waals surface area contributed by atoms with Gasteiger partial charge in [0.2, 0.25) is 0 Å². The molecule has 0 radical (unpaired) electrons. The van der Waals surface area contributed by atoms with E-state index < -0.39 is 10.0 Å². The zero-order valence-electron chi connectivity index (χ0n) is 17.4. The van der Waals surface area contributed by atoms with Crippen LogP contribution in [0.5, 0.6) is 0 Å². The van der Waals surface area contributed by atoms with E-state index in [1.54, 1.807) is 55.5 Å². The number of benzene rings is 4. The van der Waals surface area contributed by atoms with E-state index in [9.17, 15) is 13.2 Å². The van der Waals surface area contributed by atoms with Gasteiger partial charge in [0.25, 0.3) is 15.9 Å². The van der Waals surface area contributed by atoms with Gasteiger partial charge in [0.15, 0.2) is 0 Å². The monoisotopic (exact) mass is 442 g/mol. The summed E-state index contributed by atoms with van der Waals surface area (Å²) < 4.78 is 27.9. The normalized spacial score (nSPS) is 11.0. The Morgan fingerprint density at radius 3 is 1.97 bits per heavy atom. The predicted octanol–water partition coefficient (Wildman–Crippen LogP) is 5.72. The second kappa shape index (κ2) is 9.08. The van der Waals surface area contributed by atoms with Crippen molar-refractivity contribution in [3.8, 4) is 11.1 Å². The van der Waals surface area contributed by atoms with Crippen molar-refractivity contribution < 1.29 is 13.2 Å². The van der Waals surface area contributed by atoms with Gasteiger partial charge in [-0.25, -0.2) is 8.42 Å². The van der Waals surface area contributed by atoms with Crippen LogP contribution in [0.1, 0.15) is 15.9 Å². The summed E-state index contributed by atoms with van der Waals surface area (Å²) in [7, 11) is -3.73. The van der Waals surface area contributed by atoms with Crippen LogP contribution < -0.4 is 10.0 Å². The van der Waals surface area contributed by atoms with Crippen LogP contribution in [-0.2, 0) is 10.0 Å². The van der Waals surface area contributed by atoms with Gasteiger partial charge in [-0.3, -0.25) is 9.52 Å². The Kier molecular flexibility index (Phi) is 6.05. The van der Waals surface area contributed by atoms with Gasteiger partial charge in [0.1, 0.15) is 0 Å². The maximum atomic E-state index is 12.7. The molecule has 1 amide bonds. The summed E-state index contributed by atoms with van der Waals surface area (Å²) in [6, 6.07) is 30.5. The molecule has 4 rings (SSSR count). The molecule has 0 atom stereocenters. The molecule has 0 bridgehead atoms. The maximum Gasteiger partial charge on any atom is 0.261 e. The molecule has 0 aliphatic rings. The quantitative estimate of drug-likeness (QED) is 0.401. The minimum atomic E-state index is -3.73. The molecular formula is C26H22N2O3S. The van der Waals surface area contributed by atoms with Crippen LogP contribution in [0.4, 0.5) is 11.4 Å². The van der Waals surface area contributed by atoms with E-state index in [-0.39, 0.29) is 10.8 Å². The van der Waals surface area contributed by atoms with Crippen LogP contribution in [0.15, 0.2) is 108 Å². The highest BCUT2D eigenvalue weighted by Gasteiger charge is 2.15. The van der Waals surface area contributed by atoms with Crippen molar-refractivity contribution in [3.05, 3.63) is 114 Å². The summed E-state index contributed by atoms with van der Waals surface area (Å²) in [5, 5.41) is 2.84. The van der Waals surface area contributed by atoms with Gasteiger partial charge in [-0.2, -0.15) is 0 Å². The first-order valence-corrected chi connectivity index (χ1v) is 11.6. The highest BCUT2D eigenvalue weighted by molar-refractivity contribution is 7.92. The van der Waals surface area contributed by atoms with Gasteiger partial charge in [-0.15, -0.1) is 0 Å². The molecule has 0 fully saturated rings. The number of sulfonamides is 1. The lowest BCUT2D eigenvalue weighted by Crippen LogP contribution is -2.15. The molecule has 0 unspecified atom stereocenters. The Morgan fingerprint density at radius 1 is 0.719 bits per heavy atom. The van der Waals surface area contributed by atoms with E-state index in [0.717, 1.165) is 16.7 Å². The van der Waals surface area contributed by atoms with Crippen LogP contribution in [0, 0.1) is 6.92 Å². The van der Waals surface area contributed by atoms with Gasteiger partial charge in [-0.1, -0.05) is 66.7 Å². The van der Waals surface area contributed by atoms with Crippen molar-refractivity contribution in [2.75, 3.05) is 10.0 Å². The van der Waals surface area contributed by atoms with Crippen molar-refractivity contribution in [1.82, 2.24) is 0 Å². The van der Waals surface area contributed by atoms with Crippen molar-refractivity contribution in [3.63, 3.8) is 0 Å². The zero-order chi connectivity index (χ0) is 22.6. The number of aryl methyl sites for hydroxylation is 1. The van der Waals surface area contributed by atoms with E-state index in [4.69, 9.17) is 0 Å². The molecule has 0 aromatic heterocycles. The first-order valence-electron chi connectivity index (χ1n) is 10.1. The second-order valence-electron chi connectivity index (χ2n) is 7.35. The summed E-state index contributed by atoms with van der Waals surface area (Å²) >= 11 is 0. The number of hydrogen-bond acceptors (Lipinski definition) is 3. The summed E-state index contributed by atoms with van der Waals surface area (Å²) in [4.78, 5) is 12.9. The molecule has 5 nitrogen and oxygen atoms in total. The minimum Gasteiger partial charge on any atom is -0.322 e. The fraction of sp³-hybridized carbons (Fsp3) is 0.0385. The molecule has 0 saturated carbocycles. The Labute approximate surface area is 187 Å². The van der Waals surface area contributed by atoms with Crippen LogP contribution in [0.2, 0.25) is 0 Å². The van der Waals surface area contributed by atoms with E-state index in [1.807, 2.05) is 42.5 Å². The molecule has 2 N–H and O–H groups in total. The third-order valence-electron chi connectivity index (χ3n) is 5.05. The Balaban J connectivity index is 1.51. The van der Waals surface area contributed by atoms with Gasteiger partial charge < -0.3 is 5.32 Å². The molecule has 0 aliphatic heterocycles. The average molecular weight is 443 g/mol. The van der Waals surface area contributed by atoms with E-state index >= 15 is 0 Å². The maximum absolute atomic E-state index is 12.7. The summed E-state index contributed by atoms with van der Waals surface area (Å²) in [5.74, 6) is -0.273. The molecule has 160 valence electrons. The predicted molar refractivity (Wildman–Crippen MR) is 128 cm³/mol. The number of carbonyl (C=O) groups is 1. The average Bonchev–Trinajstić information content (AvgIpc) is 2.82. The number of anilines is 2. The molecular weight excluding hydrogens is 420 g/mol. The summed E-state index contributed by atoms with van der Waals surface area (Å²) in [6.07, 6.45) is 0. The van der Waals surface area contributed by atoms with Crippen molar-refractivity contribution in [2.45, 2.75) is 11.8 Å². The third-order valence-corrected chi connectivity index (χ3v) is 6.43. The standard InChI is InChI=1S/C26H22N2O3S/c1-19-12-17-23(18-25(19)28-32(30,31)24-10-6-3-7-11-24)27-26(29)22-15-13-21(14-16-22)20-8-4-2-5-9-20/h2-18,28H,1H3,(H,27,29). The molecule has 0 saturated heterocycles. The lowest BCUT2D eigenvalue weighted by Gasteiger charge is -2.13. The minimum absolute atomic E-state index is 0.173. The topological polar surface area (TPSA) is 75.3 Å². The Bertz CT molecular complexity index is 1340. The molecule has 0 aliphatic carbocycles. The first kappa shape index (κ1) is 21.3. The molecule has 4 aromatic rings. The van der Waals surface area contributed by atoms with Crippen LogP contribution in [0.25, 0.3) is 11.1 Å². The lowest BCUT2D eigenvalue weighted by atomic mass is 10.0. The zero-order valence-corrected chi connectivity index (χ0v) is 18.3. The van der Waals surface area contributed by atoms with Gasteiger partial charge in [-0.05, 0) is 60.0 Å². The molecule has 0 spiro atoms. The fourth-order valence-corrected chi connectivity index (χ4v) is 4.40. The van der Waals surface area contributed by atoms with E-state index in [1.165, 1.54) is 12.1 Å². The van der Waals surface area contributed by atoms with Crippen molar-refractivity contribution in [1.29, 1.82) is 0 Å². The summed E-state index contributed by atoms with van der Waals surface area (Å²) in [6.45, 7) is 1.80. The van der Waals surface area contributed by atoms with E-state index in [0.29, 0.717) is 16.9 Å². The number of nitrogens with one attached hydrogen (secondary N) is 2. The largest absolute Gasteiger partial charge is 0.322 e. The SMILES string of the molecule is Cc1ccc(NC(=O)c2ccc(-c3ccccc3)cc2)cc1NS(=O)(=O)c1ccccc1. The lowest BCUT2D eigenvalue weighted by molar-refractivity contribution is 0.102. The molecule has 6 heteroatoms. The second-order valence-corrected chi connectivity index (χ2v) is 9.03. The van der Waals surface area contributed by atoms with Gasteiger partial charge in [0, 0.05) is 11.3 Å². The third kappa shape index (κ3) is 4.87. The number of amides is 1. The Hall–Kier alpha value is -3.90. The van der Waals surface area contributed by atoms with E-state index in [2.05, 4.69) is 10.0 Å². The Morgan fingerprint density at radius 2 is 1.31 bits per heavy atom. The highest BCUT2D eigenvalue weighted by Crippen LogP contribution is 2.24. The van der Waals surface area contributed by atoms with Crippen molar-refractivity contribution in [2.24, 2.45) is 0 Å².